The zero-order valence-electron chi connectivity index (χ0n) is 6.29. The van der Waals surface area contributed by atoms with Gasteiger partial charge in [0.2, 0.25) is 5.91 Å². The molecule has 0 unspecified atom stereocenters. The smallest absolute Gasteiger partial charge is 0.224 e. The summed E-state index contributed by atoms with van der Waals surface area (Å²) in [6, 6.07) is 0. The average Bonchev–Trinajstić information content (AvgIpc) is 2.60. The van der Waals surface area contributed by atoms with Crippen molar-refractivity contribution < 1.29 is 4.79 Å². The van der Waals surface area contributed by atoms with Gasteiger partial charge in [0.05, 0.1) is 0 Å². The molecule has 58 valence electrons. The number of nitrogens with one attached hydrogen (secondary N) is 1. The highest BCUT2D eigenvalue weighted by Crippen LogP contribution is 2.49. The SMILES string of the molecule is O=C1NC[C@@H]2[C@H]1[C@@H]1C=C[C@H]2C1. The van der Waals surface area contributed by atoms with E-state index in [1.54, 1.807) is 0 Å². The highest BCUT2D eigenvalue weighted by molar-refractivity contribution is 5.82. The fourth-order valence-electron chi connectivity index (χ4n) is 2.93. The van der Waals surface area contributed by atoms with Crippen LogP contribution in [0.25, 0.3) is 0 Å². The highest BCUT2D eigenvalue weighted by Gasteiger charge is 2.51. The molecule has 1 aliphatic heterocycles. The minimum absolute atomic E-state index is 0.298. The second kappa shape index (κ2) is 1.68. The first-order valence-corrected chi connectivity index (χ1v) is 4.32. The molecule has 0 aromatic heterocycles. The van der Waals surface area contributed by atoms with Crippen molar-refractivity contribution in [3.63, 3.8) is 0 Å². The van der Waals surface area contributed by atoms with Crippen LogP contribution >= 0.6 is 0 Å². The molecule has 4 atom stereocenters. The third-order valence-corrected chi connectivity index (χ3v) is 3.44. The lowest BCUT2D eigenvalue weighted by atomic mass is 9.86. The molecule has 1 saturated heterocycles. The Bertz CT molecular complexity index is 246. The lowest BCUT2D eigenvalue weighted by molar-refractivity contribution is -0.123. The minimum atomic E-state index is 0.298. The molecule has 2 heteroatoms. The number of allylic oxidation sites excluding steroid dienone is 2. The van der Waals surface area contributed by atoms with E-state index in [1.165, 1.54) is 6.42 Å². The number of fused-ring (bicyclic) bond motifs is 5. The van der Waals surface area contributed by atoms with Crippen LogP contribution in [0.1, 0.15) is 6.42 Å². The molecule has 11 heavy (non-hydrogen) atoms. The predicted octanol–water partition coefficient (Wildman–Crippen LogP) is 0.554. The third-order valence-electron chi connectivity index (χ3n) is 3.44. The van der Waals surface area contributed by atoms with Crippen molar-refractivity contribution in [2.75, 3.05) is 6.54 Å². The fraction of sp³-hybridized carbons (Fsp3) is 0.667. The Labute approximate surface area is 65.7 Å². The van der Waals surface area contributed by atoms with Crippen molar-refractivity contribution in [3.8, 4) is 0 Å². The van der Waals surface area contributed by atoms with Gasteiger partial charge in [0.25, 0.3) is 0 Å². The summed E-state index contributed by atoms with van der Waals surface area (Å²) in [5, 5.41) is 2.94. The van der Waals surface area contributed by atoms with Gasteiger partial charge in [-0.25, -0.2) is 0 Å². The summed E-state index contributed by atoms with van der Waals surface area (Å²) in [5.41, 5.74) is 0. The van der Waals surface area contributed by atoms with Crippen LogP contribution in [0.3, 0.4) is 0 Å². The molecular weight excluding hydrogens is 138 g/mol. The Kier molecular flexibility index (Phi) is 0.888. The molecular formula is C9H11NO. The lowest BCUT2D eigenvalue weighted by Gasteiger charge is -2.15. The van der Waals surface area contributed by atoms with Gasteiger partial charge in [-0.05, 0) is 24.2 Å². The molecule has 2 bridgehead atoms. The quantitative estimate of drug-likeness (QED) is 0.501. The van der Waals surface area contributed by atoms with Crippen LogP contribution in [-0.2, 0) is 4.79 Å². The van der Waals surface area contributed by atoms with E-state index >= 15 is 0 Å². The number of hydrogen-bond acceptors (Lipinski definition) is 1. The first kappa shape index (κ1) is 5.81. The Morgan fingerprint density at radius 3 is 3.00 bits per heavy atom. The summed E-state index contributed by atoms with van der Waals surface area (Å²) in [4.78, 5) is 11.3. The number of hydrogen-bond donors (Lipinski definition) is 1. The van der Waals surface area contributed by atoms with E-state index in [0.29, 0.717) is 29.6 Å². The van der Waals surface area contributed by atoms with Crippen LogP contribution in [0.15, 0.2) is 12.2 Å². The van der Waals surface area contributed by atoms with Crippen molar-refractivity contribution in [2.24, 2.45) is 23.7 Å². The van der Waals surface area contributed by atoms with Crippen LogP contribution in [0.4, 0.5) is 0 Å². The summed E-state index contributed by atoms with van der Waals surface area (Å²) in [6.07, 6.45) is 5.77. The monoisotopic (exact) mass is 149 g/mol. The van der Waals surface area contributed by atoms with Crippen LogP contribution in [0.5, 0.6) is 0 Å². The zero-order valence-corrected chi connectivity index (χ0v) is 6.29. The van der Waals surface area contributed by atoms with E-state index in [2.05, 4.69) is 17.5 Å². The van der Waals surface area contributed by atoms with Gasteiger partial charge in [0, 0.05) is 12.5 Å². The molecule has 1 heterocycles. The van der Waals surface area contributed by atoms with Gasteiger partial charge in [0.15, 0.2) is 0 Å². The number of amides is 1. The first-order chi connectivity index (χ1) is 5.36. The van der Waals surface area contributed by atoms with E-state index in [1.807, 2.05) is 0 Å². The second-order valence-corrected chi connectivity index (χ2v) is 3.88. The molecule has 1 N–H and O–H groups in total. The van der Waals surface area contributed by atoms with Crippen LogP contribution in [-0.4, -0.2) is 12.5 Å². The van der Waals surface area contributed by atoms with Gasteiger partial charge in [0.1, 0.15) is 0 Å². The molecule has 2 fully saturated rings. The van der Waals surface area contributed by atoms with E-state index in [0.717, 1.165) is 6.54 Å². The predicted molar refractivity (Wildman–Crippen MR) is 40.7 cm³/mol. The Hall–Kier alpha value is -0.790. The summed E-state index contributed by atoms with van der Waals surface area (Å²) in [6.45, 7) is 0.926. The van der Waals surface area contributed by atoms with Gasteiger partial charge in [-0.15, -0.1) is 0 Å². The second-order valence-electron chi connectivity index (χ2n) is 3.88. The molecule has 3 rings (SSSR count). The fourth-order valence-corrected chi connectivity index (χ4v) is 2.93. The van der Waals surface area contributed by atoms with Crippen molar-refractivity contribution >= 4 is 5.91 Å². The van der Waals surface area contributed by atoms with Crippen LogP contribution in [0.2, 0.25) is 0 Å². The van der Waals surface area contributed by atoms with E-state index in [4.69, 9.17) is 0 Å². The molecule has 0 radical (unpaired) electrons. The van der Waals surface area contributed by atoms with E-state index in [-0.39, 0.29) is 0 Å². The standard InChI is InChI=1S/C9H11NO/c11-9-8-6-2-1-5(3-6)7(8)4-10-9/h1-2,5-8H,3-4H2,(H,10,11)/t5-,6+,7-,8+/m0/s1. The van der Waals surface area contributed by atoms with Gasteiger partial charge in [-0.3, -0.25) is 4.79 Å². The van der Waals surface area contributed by atoms with Crippen LogP contribution in [0, 0.1) is 23.7 Å². The van der Waals surface area contributed by atoms with Gasteiger partial charge < -0.3 is 5.32 Å². The molecule has 1 amide bonds. The zero-order chi connectivity index (χ0) is 7.42. The first-order valence-electron chi connectivity index (χ1n) is 4.32. The van der Waals surface area contributed by atoms with Gasteiger partial charge in [-0.1, -0.05) is 12.2 Å². The summed E-state index contributed by atoms with van der Waals surface area (Å²) in [5.74, 6) is 2.56. The maximum atomic E-state index is 11.3. The normalized spacial score (nSPS) is 51.5. The minimum Gasteiger partial charge on any atom is -0.356 e. The maximum absolute atomic E-state index is 11.3. The molecule has 2 aliphatic carbocycles. The number of carbonyl (C=O) groups is 1. The van der Waals surface area contributed by atoms with E-state index in [9.17, 15) is 4.79 Å². The molecule has 0 spiro atoms. The molecule has 0 aromatic carbocycles. The highest BCUT2D eigenvalue weighted by atomic mass is 16.2. The lowest BCUT2D eigenvalue weighted by Crippen LogP contribution is -2.23. The summed E-state index contributed by atoms with van der Waals surface area (Å²) < 4.78 is 0. The summed E-state index contributed by atoms with van der Waals surface area (Å²) >= 11 is 0. The Balaban J connectivity index is 2.03. The Morgan fingerprint density at radius 1 is 1.36 bits per heavy atom. The molecule has 0 aromatic rings. The molecule has 2 nitrogen and oxygen atoms in total. The van der Waals surface area contributed by atoms with Crippen LogP contribution < -0.4 is 5.32 Å². The van der Waals surface area contributed by atoms with Crippen molar-refractivity contribution in [2.45, 2.75) is 6.42 Å². The van der Waals surface area contributed by atoms with Crippen molar-refractivity contribution in [1.29, 1.82) is 0 Å². The topological polar surface area (TPSA) is 29.1 Å². The van der Waals surface area contributed by atoms with E-state index < -0.39 is 0 Å². The van der Waals surface area contributed by atoms with Crippen molar-refractivity contribution in [1.82, 2.24) is 5.32 Å². The number of carbonyl (C=O) groups excluding carboxylic acids is 1. The maximum Gasteiger partial charge on any atom is 0.224 e. The van der Waals surface area contributed by atoms with Gasteiger partial charge in [-0.2, -0.15) is 0 Å². The average molecular weight is 149 g/mol. The Morgan fingerprint density at radius 2 is 2.18 bits per heavy atom. The van der Waals surface area contributed by atoms with Gasteiger partial charge >= 0.3 is 0 Å². The molecule has 1 saturated carbocycles. The van der Waals surface area contributed by atoms with Crippen molar-refractivity contribution in [3.05, 3.63) is 12.2 Å². The number of rotatable bonds is 0. The molecule has 3 aliphatic rings. The third kappa shape index (κ3) is 0.561. The largest absolute Gasteiger partial charge is 0.356 e. The summed E-state index contributed by atoms with van der Waals surface area (Å²) in [7, 11) is 0.